The Balaban J connectivity index is 2.00. The van der Waals surface area contributed by atoms with E-state index in [1.54, 1.807) is 0 Å². The highest BCUT2D eigenvalue weighted by Gasteiger charge is 2.39. The maximum atomic E-state index is 11.9. The number of rotatable bonds is 3. The molecule has 0 aromatic carbocycles. The first-order chi connectivity index (χ1) is 7.94. The second kappa shape index (κ2) is 4.14. The molecule has 0 atom stereocenters. The number of nitrogens with zero attached hydrogens (tertiary/aromatic N) is 2. The van der Waals surface area contributed by atoms with Gasteiger partial charge < -0.3 is 11.1 Å². The number of nitrogens with one attached hydrogen (secondary N) is 1. The van der Waals surface area contributed by atoms with Gasteiger partial charge in [-0.25, -0.2) is 0 Å². The van der Waals surface area contributed by atoms with Gasteiger partial charge in [-0.05, 0) is 33.1 Å². The van der Waals surface area contributed by atoms with E-state index in [2.05, 4.69) is 10.4 Å². The third kappa shape index (κ3) is 2.07. The number of carbonyl (C=O) groups is 1. The van der Waals surface area contributed by atoms with Crippen LogP contribution in [0.2, 0.25) is 0 Å². The van der Waals surface area contributed by atoms with E-state index in [9.17, 15) is 4.79 Å². The topological polar surface area (TPSA) is 72.9 Å². The molecule has 3 N–H and O–H groups in total. The molecule has 0 aliphatic heterocycles. The smallest absolute Gasteiger partial charge is 0.240 e. The standard InChI is InChI=1S/C12H20N4O/c1-8-10(9(2)16(3)15-8)7-14-11(17)12(13)5-4-6-12/h4-7,13H2,1-3H3,(H,14,17). The normalized spacial score (nSPS) is 17.6. The first-order valence-electron chi connectivity index (χ1n) is 6.00. The van der Waals surface area contributed by atoms with Gasteiger partial charge in [0.1, 0.15) is 0 Å². The molecule has 5 nitrogen and oxygen atoms in total. The Morgan fingerprint density at radius 1 is 1.53 bits per heavy atom. The van der Waals surface area contributed by atoms with E-state index in [0.29, 0.717) is 6.54 Å². The molecule has 0 spiro atoms. The van der Waals surface area contributed by atoms with Gasteiger partial charge in [-0.3, -0.25) is 9.48 Å². The van der Waals surface area contributed by atoms with Crippen LogP contribution in [0.3, 0.4) is 0 Å². The second-order valence-electron chi connectivity index (χ2n) is 4.97. The van der Waals surface area contributed by atoms with Gasteiger partial charge in [0.05, 0.1) is 11.2 Å². The summed E-state index contributed by atoms with van der Waals surface area (Å²) in [7, 11) is 1.91. The summed E-state index contributed by atoms with van der Waals surface area (Å²) in [4.78, 5) is 11.9. The summed E-state index contributed by atoms with van der Waals surface area (Å²) in [6, 6.07) is 0. The molecule has 1 saturated carbocycles. The number of hydrogen-bond acceptors (Lipinski definition) is 3. The van der Waals surface area contributed by atoms with Crippen LogP contribution in [0.25, 0.3) is 0 Å². The van der Waals surface area contributed by atoms with Crippen molar-refractivity contribution in [2.45, 2.75) is 45.2 Å². The van der Waals surface area contributed by atoms with Crippen molar-refractivity contribution < 1.29 is 4.79 Å². The summed E-state index contributed by atoms with van der Waals surface area (Å²) < 4.78 is 1.83. The minimum absolute atomic E-state index is 0.0357. The molecule has 2 rings (SSSR count). The lowest BCUT2D eigenvalue weighted by molar-refractivity contribution is -0.129. The van der Waals surface area contributed by atoms with Gasteiger partial charge in [0, 0.05) is 24.8 Å². The minimum atomic E-state index is -0.621. The Morgan fingerprint density at radius 2 is 2.18 bits per heavy atom. The Bertz CT molecular complexity index is 446. The molecule has 0 saturated heterocycles. The minimum Gasteiger partial charge on any atom is -0.350 e. The SMILES string of the molecule is Cc1nn(C)c(C)c1CNC(=O)C1(N)CCC1. The monoisotopic (exact) mass is 236 g/mol. The lowest BCUT2D eigenvalue weighted by atomic mass is 9.77. The van der Waals surface area contributed by atoms with Gasteiger partial charge in [0.25, 0.3) is 0 Å². The van der Waals surface area contributed by atoms with E-state index in [0.717, 1.165) is 36.2 Å². The van der Waals surface area contributed by atoms with Crippen LogP contribution in [-0.2, 0) is 18.4 Å². The van der Waals surface area contributed by atoms with Gasteiger partial charge in [0.2, 0.25) is 5.91 Å². The molecule has 1 aromatic rings. The van der Waals surface area contributed by atoms with E-state index in [1.807, 2.05) is 25.6 Å². The van der Waals surface area contributed by atoms with Crippen molar-refractivity contribution in [3.05, 3.63) is 17.0 Å². The van der Waals surface area contributed by atoms with E-state index in [1.165, 1.54) is 0 Å². The first-order valence-corrected chi connectivity index (χ1v) is 6.00. The van der Waals surface area contributed by atoms with Gasteiger partial charge in [-0.2, -0.15) is 5.10 Å². The molecule has 0 unspecified atom stereocenters. The zero-order chi connectivity index (χ0) is 12.6. The molecule has 1 heterocycles. The molecule has 17 heavy (non-hydrogen) atoms. The van der Waals surface area contributed by atoms with Crippen molar-refractivity contribution in [1.82, 2.24) is 15.1 Å². The van der Waals surface area contributed by atoms with Crippen LogP contribution in [0, 0.1) is 13.8 Å². The summed E-state index contributed by atoms with van der Waals surface area (Å²) in [6.45, 7) is 4.47. The van der Waals surface area contributed by atoms with Gasteiger partial charge in [-0.15, -0.1) is 0 Å². The Morgan fingerprint density at radius 3 is 2.59 bits per heavy atom. The Hall–Kier alpha value is -1.36. The molecule has 1 aliphatic rings. The fourth-order valence-electron chi connectivity index (χ4n) is 2.20. The van der Waals surface area contributed by atoms with Crippen LogP contribution in [0.15, 0.2) is 0 Å². The maximum absolute atomic E-state index is 11.9. The molecule has 1 fully saturated rings. The van der Waals surface area contributed by atoms with Gasteiger partial charge >= 0.3 is 0 Å². The van der Waals surface area contributed by atoms with Crippen LogP contribution in [0.4, 0.5) is 0 Å². The molecule has 94 valence electrons. The zero-order valence-electron chi connectivity index (χ0n) is 10.7. The fourth-order valence-corrected chi connectivity index (χ4v) is 2.20. The third-order valence-electron chi connectivity index (χ3n) is 3.78. The second-order valence-corrected chi connectivity index (χ2v) is 4.97. The lowest BCUT2D eigenvalue weighted by Crippen LogP contribution is -2.58. The predicted molar refractivity (Wildman–Crippen MR) is 65.3 cm³/mol. The molecular formula is C12H20N4O. The van der Waals surface area contributed by atoms with E-state index in [4.69, 9.17) is 5.73 Å². The molecular weight excluding hydrogens is 216 g/mol. The molecule has 1 aliphatic carbocycles. The number of amides is 1. The average Bonchev–Trinajstić information content (AvgIpc) is 2.47. The predicted octanol–water partition coefficient (Wildman–Crippen LogP) is 0.535. The van der Waals surface area contributed by atoms with Crippen LogP contribution < -0.4 is 11.1 Å². The van der Waals surface area contributed by atoms with Crippen molar-refractivity contribution in [3.8, 4) is 0 Å². The highest BCUT2D eigenvalue weighted by atomic mass is 16.2. The third-order valence-corrected chi connectivity index (χ3v) is 3.78. The number of carbonyl (C=O) groups excluding carboxylic acids is 1. The molecule has 1 amide bonds. The number of nitrogens with two attached hydrogens (primary N) is 1. The van der Waals surface area contributed by atoms with Crippen LogP contribution >= 0.6 is 0 Å². The van der Waals surface area contributed by atoms with E-state index >= 15 is 0 Å². The maximum Gasteiger partial charge on any atom is 0.240 e. The fraction of sp³-hybridized carbons (Fsp3) is 0.667. The highest BCUT2D eigenvalue weighted by molar-refractivity contribution is 5.87. The van der Waals surface area contributed by atoms with Crippen LogP contribution in [0.5, 0.6) is 0 Å². The summed E-state index contributed by atoms with van der Waals surface area (Å²) in [6.07, 6.45) is 2.64. The summed E-state index contributed by atoms with van der Waals surface area (Å²) in [5.74, 6) is -0.0357. The van der Waals surface area contributed by atoms with E-state index in [-0.39, 0.29) is 5.91 Å². The molecule has 0 bridgehead atoms. The van der Waals surface area contributed by atoms with Crippen LogP contribution in [-0.4, -0.2) is 21.2 Å². The molecule has 5 heteroatoms. The zero-order valence-corrected chi connectivity index (χ0v) is 10.7. The van der Waals surface area contributed by atoms with Crippen LogP contribution in [0.1, 0.15) is 36.2 Å². The van der Waals surface area contributed by atoms with Crippen molar-refractivity contribution >= 4 is 5.91 Å². The van der Waals surface area contributed by atoms with Crippen molar-refractivity contribution in [2.24, 2.45) is 12.8 Å². The van der Waals surface area contributed by atoms with Crippen molar-refractivity contribution in [3.63, 3.8) is 0 Å². The van der Waals surface area contributed by atoms with Crippen molar-refractivity contribution in [1.29, 1.82) is 0 Å². The number of aromatic nitrogens is 2. The largest absolute Gasteiger partial charge is 0.350 e. The molecule has 1 aromatic heterocycles. The van der Waals surface area contributed by atoms with Gasteiger partial charge in [0.15, 0.2) is 0 Å². The Labute approximate surface area is 101 Å². The quantitative estimate of drug-likeness (QED) is 0.804. The Kier molecular flexibility index (Phi) is 2.95. The van der Waals surface area contributed by atoms with Gasteiger partial charge in [-0.1, -0.05) is 0 Å². The van der Waals surface area contributed by atoms with E-state index < -0.39 is 5.54 Å². The summed E-state index contributed by atoms with van der Waals surface area (Å²) in [5.41, 5.74) is 8.47. The summed E-state index contributed by atoms with van der Waals surface area (Å²) >= 11 is 0. The highest BCUT2D eigenvalue weighted by Crippen LogP contribution is 2.29. The average molecular weight is 236 g/mol. The lowest BCUT2D eigenvalue weighted by Gasteiger charge is -2.36. The first kappa shape index (κ1) is 12.1. The summed E-state index contributed by atoms with van der Waals surface area (Å²) in [5, 5.41) is 7.24. The number of hydrogen-bond donors (Lipinski definition) is 2. The molecule has 0 radical (unpaired) electrons. The van der Waals surface area contributed by atoms with Crippen molar-refractivity contribution in [2.75, 3.05) is 0 Å². The number of aryl methyl sites for hydroxylation is 2.